The Morgan fingerprint density at radius 1 is 1.45 bits per heavy atom. The van der Waals surface area contributed by atoms with Crippen LogP contribution >= 0.6 is 12.4 Å². The van der Waals surface area contributed by atoms with Gasteiger partial charge in [-0.3, -0.25) is 4.79 Å². The Labute approximate surface area is 138 Å². The minimum atomic E-state index is 0. The van der Waals surface area contributed by atoms with Gasteiger partial charge in [0.05, 0.1) is 0 Å². The number of nitrogens with two attached hydrogens (primary N) is 1. The van der Waals surface area contributed by atoms with E-state index in [1.54, 1.807) is 6.08 Å². The van der Waals surface area contributed by atoms with E-state index in [4.69, 9.17) is 10.5 Å². The van der Waals surface area contributed by atoms with Crippen molar-refractivity contribution in [3.8, 4) is 5.75 Å². The molecular weight excluding hydrogens is 300 g/mol. The van der Waals surface area contributed by atoms with Crippen LogP contribution < -0.4 is 10.5 Å². The van der Waals surface area contributed by atoms with Crippen molar-refractivity contribution >= 4 is 18.3 Å². The van der Waals surface area contributed by atoms with E-state index >= 15 is 0 Å². The molecule has 1 heterocycles. The lowest BCUT2D eigenvalue weighted by Crippen LogP contribution is -2.51. The zero-order valence-corrected chi connectivity index (χ0v) is 13.8. The van der Waals surface area contributed by atoms with Gasteiger partial charge in [0.15, 0.2) is 0 Å². The minimum absolute atomic E-state index is 0. The number of hydrogen-bond donors (Lipinski definition) is 1. The van der Waals surface area contributed by atoms with E-state index in [9.17, 15) is 4.79 Å². The lowest BCUT2D eigenvalue weighted by molar-refractivity contribution is 0.0584. The number of nitrogens with zero attached hydrogens (tertiary/aromatic N) is 1. The third-order valence-electron chi connectivity index (χ3n) is 3.89. The summed E-state index contributed by atoms with van der Waals surface area (Å²) in [5, 5.41) is 0. The Hall–Kier alpha value is -1.52. The number of amides is 1. The molecule has 1 amide bonds. The van der Waals surface area contributed by atoms with Gasteiger partial charge in [-0.25, -0.2) is 0 Å². The molecule has 1 aromatic carbocycles. The van der Waals surface area contributed by atoms with Crippen molar-refractivity contribution in [3.63, 3.8) is 0 Å². The largest absolute Gasteiger partial charge is 0.490 e. The van der Waals surface area contributed by atoms with Crippen LogP contribution in [0, 0.1) is 0 Å². The highest BCUT2D eigenvalue weighted by molar-refractivity contribution is 5.94. The summed E-state index contributed by atoms with van der Waals surface area (Å²) in [4.78, 5) is 14.6. The van der Waals surface area contributed by atoms with Crippen molar-refractivity contribution in [2.75, 3.05) is 13.2 Å². The van der Waals surface area contributed by atoms with Crippen LogP contribution in [0.15, 0.2) is 36.9 Å². The van der Waals surface area contributed by atoms with Crippen molar-refractivity contribution in [3.05, 3.63) is 42.5 Å². The summed E-state index contributed by atoms with van der Waals surface area (Å²) in [5.41, 5.74) is 6.72. The van der Waals surface area contributed by atoms with Crippen LogP contribution in [-0.4, -0.2) is 36.0 Å². The molecule has 1 aliphatic heterocycles. The molecule has 0 spiro atoms. The van der Waals surface area contributed by atoms with E-state index in [0.717, 1.165) is 31.6 Å². The van der Waals surface area contributed by atoms with Gasteiger partial charge in [-0.1, -0.05) is 12.7 Å². The molecule has 1 saturated heterocycles. The summed E-state index contributed by atoms with van der Waals surface area (Å²) < 4.78 is 5.43. The quantitative estimate of drug-likeness (QED) is 0.847. The van der Waals surface area contributed by atoms with Gasteiger partial charge in [-0.15, -0.1) is 12.4 Å². The van der Waals surface area contributed by atoms with E-state index in [-0.39, 0.29) is 30.4 Å². The molecule has 2 rings (SSSR count). The predicted molar refractivity (Wildman–Crippen MR) is 91.7 cm³/mol. The number of carbonyl (C=O) groups excluding carboxylic acids is 1. The first kappa shape index (κ1) is 18.5. The Balaban J connectivity index is 0.00000242. The molecule has 4 nitrogen and oxygen atoms in total. The SMILES string of the molecule is C=CCOc1ccc(C(=O)N2CCCCC2C(C)N)cc1.Cl. The molecule has 2 N–H and O–H groups in total. The number of hydrogen-bond acceptors (Lipinski definition) is 3. The maximum Gasteiger partial charge on any atom is 0.254 e. The van der Waals surface area contributed by atoms with Gasteiger partial charge in [0.25, 0.3) is 5.91 Å². The predicted octanol–water partition coefficient (Wildman–Crippen LogP) is 3.02. The number of carbonyl (C=O) groups is 1. The van der Waals surface area contributed by atoms with Crippen LogP contribution in [0.25, 0.3) is 0 Å². The van der Waals surface area contributed by atoms with Crippen LogP contribution in [0.3, 0.4) is 0 Å². The van der Waals surface area contributed by atoms with Crippen molar-refractivity contribution in [2.24, 2.45) is 5.73 Å². The first-order valence-corrected chi connectivity index (χ1v) is 7.54. The molecule has 0 saturated carbocycles. The number of halogens is 1. The Morgan fingerprint density at radius 3 is 2.73 bits per heavy atom. The molecule has 0 aliphatic carbocycles. The molecule has 1 aromatic rings. The highest BCUT2D eigenvalue weighted by atomic mass is 35.5. The van der Waals surface area contributed by atoms with Gasteiger partial charge in [-0.05, 0) is 50.5 Å². The minimum Gasteiger partial charge on any atom is -0.490 e. The Bertz CT molecular complexity index is 488. The number of ether oxygens (including phenoxy) is 1. The molecule has 0 bridgehead atoms. The third-order valence-corrected chi connectivity index (χ3v) is 3.89. The van der Waals surface area contributed by atoms with E-state index in [2.05, 4.69) is 6.58 Å². The lowest BCUT2D eigenvalue weighted by Gasteiger charge is -2.38. The molecule has 2 unspecified atom stereocenters. The maximum absolute atomic E-state index is 12.7. The van der Waals surface area contributed by atoms with Crippen molar-refractivity contribution in [1.29, 1.82) is 0 Å². The zero-order chi connectivity index (χ0) is 15.2. The Kier molecular flexibility index (Phi) is 7.42. The number of piperidine rings is 1. The van der Waals surface area contributed by atoms with Crippen molar-refractivity contribution in [1.82, 2.24) is 4.90 Å². The second-order valence-corrected chi connectivity index (χ2v) is 5.54. The molecule has 1 fully saturated rings. The van der Waals surface area contributed by atoms with Crippen LogP contribution in [0.4, 0.5) is 0 Å². The van der Waals surface area contributed by atoms with E-state index < -0.39 is 0 Å². The highest BCUT2D eigenvalue weighted by Crippen LogP contribution is 2.22. The first-order chi connectivity index (χ1) is 10.1. The van der Waals surface area contributed by atoms with E-state index in [0.29, 0.717) is 12.2 Å². The van der Waals surface area contributed by atoms with Gasteiger partial charge in [0, 0.05) is 24.2 Å². The number of rotatable bonds is 5. The molecule has 0 aromatic heterocycles. The monoisotopic (exact) mass is 324 g/mol. The maximum atomic E-state index is 12.7. The van der Waals surface area contributed by atoms with Gasteiger partial charge >= 0.3 is 0 Å². The summed E-state index contributed by atoms with van der Waals surface area (Å²) in [5.74, 6) is 0.807. The van der Waals surface area contributed by atoms with Crippen LogP contribution in [0.1, 0.15) is 36.5 Å². The number of likely N-dealkylation sites (tertiary alicyclic amines) is 1. The van der Waals surface area contributed by atoms with Crippen LogP contribution in [0.2, 0.25) is 0 Å². The fourth-order valence-corrected chi connectivity index (χ4v) is 2.77. The molecule has 22 heavy (non-hydrogen) atoms. The summed E-state index contributed by atoms with van der Waals surface area (Å²) in [7, 11) is 0. The second kappa shape index (κ2) is 8.81. The fourth-order valence-electron chi connectivity index (χ4n) is 2.77. The van der Waals surface area contributed by atoms with Gasteiger partial charge < -0.3 is 15.4 Å². The standard InChI is InChI=1S/C17H24N2O2.ClH/c1-3-12-21-15-9-7-14(8-10-15)17(20)19-11-5-4-6-16(19)13(2)18;/h3,7-10,13,16H,1,4-6,11-12,18H2,2H3;1H. The lowest BCUT2D eigenvalue weighted by atomic mass is 9.96. The van der Waals surface area contributed by atoms with Crippen molar-refractivity contribution < 1.29 is 9.53 Å². The van der Waals surface area contributed by atoms with Crippen molar-refractivity contribution in [2.45, 2.75) is 38.3 Å². The average Bonchev–Trinajstić information content (AvgIpc) is 2.52. The molecule has 2 atom stereocenters. The summed E-state index contributed by atoms with van der Waals surface area (Å²) in [6.07, 6.45) is 4.88. The summed E-state index contributed by atoms with van der Waals surface area (Å²) in [6.45, 7) is 6.84. The first-order valence-electron chi connectivity index (χ1n) is 7.54. The highest BCUT2D eigenvalue weighted by Gasteiger charge is 2.29. The Morgan fingerprint density at radius 2 is 2.14 bits per heavy atom. The molecule has 5 heteroatoms. The fraction of sp³-hybridized carbons (Fsp3) is 0.471. The van der Waals surface area contributed by atoms with Crippen LogP contribution in [-0.2, 0) is 0 Å². The van der Waals surface area contributed by atoms with Gasteiger partial charge in [0.1, 0.15) is 12.4 Å². The number of benzene rings is 1. The smallest absolute Gasteiger partial charge is 0.254 e. The average molecular weight is 325 g/mol. The molecule has 0 radical (unpaired) electrons. The molecule has 1 aliphatic rings. The topological polar surface area (TPSA) is 55.6 Å². The summed E-state index contributed by atoms with van der Waals surface area (Å²) in [6, 6.07) is 7.41. The van der Waals surface area contributed by atoms with E-state index in [1.165, 1.54) is 0 Å². The second-order valence-electron chi connectivity index (χ2n) is 5.54. The van der Waals surface area contributed by atoms with Gasteiger partial charge in [0.2, 0.25) is 0 Å². The summed E-state index contributed by atoms with van der Waals surface area (Å²) >= 11 is 0. The molecular formula is C17H25ClN2O2. The van der Waals surface area contributed by atoms with E-state index in [1.807, 2.05) is 36.1 Å². The molecule has 122 valence electrons. The van der Waals surface area contributed by atoms with Gasteiger partial charge in [-0.2, -0.15) is 0 Å². The normalized spacial score (nSPS) is 19.0. The zero-order valence-electron chi connectivity index (χ0n) is 13.0. The van der Waals surface area contributed by atoms with Crippen LogP contribution in [0.5, 0.6) is 5.75 Å². The third kappa shape index (κ3) is 4.49.